The number of nitrogens with zero attached hydrogens (tertiary/aromatic N) is 1. The van der Waals surface area contributed by atoms with E-state index in [0.717, 1.165) is 31.7 Å². The van der Waals surface area contributed by atoms with Crippen LogP contribution in [0.3, 0.4) is 0 Å². The van der Waals surface area contributed by atoms with Crippen LogP contribution in [0.5, 0.6) is 0 Å². The maximum Gasteiger partial charge on any atom is 0.237 e. The minimum Gasteiger partial charge on any atom is -0.469 e. The summed E-state index contributed by atoms with van der Waals surface area (Å²) in [6.07, 6.45) is 3.40. The number of benzene rings is 1. The van der Waals surface area contributed by atoms with Crippen molar-refractivity contribution >= 4 is 5.91 Å². The first-order valence-corrected chi connectivity index (χ1v) is 7.85. The van der Waals surface area contributed by atoms with Crippen molar-refractivity contribution in [3.05, 3.63) is 59.5 Å². The Morgan fingerprint density at radius 3 is 2.86 bits per heavy atom. The van der Waals surface area contributed by atoms with Crippen molar-refractivity contribution in [1.29, 1.82) is 0 Å². The molecule has 116 valence electrons. The lowest BCUT2D eigenvalue weighted by Crippen LogP contribution is -2.47. The molecule has 0 saturated heterocycles. The van der Waals surface area contributed by atoms with Gasteiger partial charge >= 0.3 is 0 Å². The van der Waals surface area contributed by atoms with E-state index in [1.807, 2.05) is 19.1 Å². The standard InChI is InChI=1S/C18H22N2O2/c1-14(18(21)19-10-8-17-7-4-12-22-17)20-11-9-15-5-2-3-6-16(15)13-20/h2-7,12,14H,8-11,13H2,1H3,(H,19,21)/t14-/m1/s1. The van der Waals surface area contributed by atoms with Crippen molar-refractivity contribution in [2.24, 2.45) is 0 Å². The monoisotopic (exact) mass is 298 g/mol. The van der Waals surface area contributed by atoms with Crippen LogP contribution in [-0.2, 0) is 24.2 Å². The lowest BCUT2D eigenvalue weighted by atomic mass is 9.99. The number of carbonyl (C=O) groups excluding carboxylic acids is 1. The van der Waals surface area contributed by atoms with Crippen LogP contribution >= 0.6 is 0 Å². The van der Waals surface area contributed by atoms with Gasteiger partial charge in [-0.2, -0.15) is 0 Å². The van der Waals surface area contributed by atoms with Crippen molar-refractivity contribution in [3.8, 4) is 0 Å². The number of furan rings is 1. The molecule has 1 aliphatic heterocycles. The number of carbonyl (C=O) groups is 1. The molecule has 1 amide bonds. The highest BCUT2D eigenvalue weighted by molar-refractivity contribution is 5.81. The van der Waals surface area contributed by atoms with E-state index in [1.165, 1.54) is 11.1 Å². The summed E-state index contributed by atoms with van der Waals surface area (Å²) in [5, 5.41) is 3.00. The van der Waals surface area contributed by atoms with E-state index in [9.17, 15) is 4.79 Å². The molecule has 22 heavy (non-hydrogen) atoms. The molecule has 0 radical (unpaired) electrons. The Morgan fingerprint density at radius 2 is 2.09 bits per heavy atom. The fourth-order valence-electron chi connectivity index (χ4n) is 2.93. The zero-order valence-corrected chi connectivity index (χ0v) is 12.9. The Bertz CT molecular complexity index is 622. The third kappa shape index (κ3) is 3.39. The molecular weight excluding hydrogens is 276 g/mol. The second-order valence-corrected chi connectivity index (χ2v) is 5.79. The van der Waals surface area contributed by atoms with Crippen molar-refractivity contribution in [1.82, 2.24) is 10.2 Å². The zero-order chi connectivity index (χ0) is 15.4. The van der Waals surface area contributed by atoms with Crippen molar-refractivity contribution in [2.75, 3.05) is 13.1 Å². The molecule has 1 aromatic carbocycles. The third-order valence-corrected chi connectivity index (χ3v) is 4.34. The van der Waals surface area contributed by atoms with Gasteiger partial charge in [-0.25, -0.2) is 0 Å². The van der Waals surface area contributed by atoms with Crippen LogP contribution in [0.25, 0.3) is 0 Å². The van der Waals surface area contributed by atoms with E-state index in [0.29, 0.717) is 6.54 Å². The second-order valence-electron chi connectivity index (χ2n) is 5.79. The summed E-state index contributed by atoms with van der Waals surface area (Å²) in [5.74, 6) is 0.991. The van der Waals surface area contributed by atoms with Gasteiger partial charge in [0.15, 0.2) is 0 Å². The number of hydrogen-bond donors (Lipinski definition) is 1. The van der Waals surface area contributed by atoms with Gasteiger partial charge in [0.05, 0.1) is 12.3 Å². The predicted molar refractivity (Wildman–Crippen MR) is 85.4 cm³/mol. The average Bonchev–Trinajstić information content (AvgIpc) is 3.07. The Labute approximate surface area is 131 Å². The van der Waals surface area contributed by atoms with Gasteiger partial charge in [0.25, 0.3) is 0 Å². The molecule has 3 rings (SSSR count). The summed E-state index contributed by atoms with van der Waals surface area (Å²) in [4.78, 5) is 14.5. The fraction of sp³-hybridized carbons (Fsp3) is 0.389. The molecule has 0 aliphatic carbocycles. The Hall–Kier alpha value is -2.07. The van der Waals surface area contributed by atoms with E-state index in [1.54, 1.807) is 6.26 Å². The molecule has 0 unspecified atom stereocenters. The normalized spacial score (nSPS) is 16.0. The summed E-state index contributed by atoms with van der Waals surface area (Å²) in [6.45, 7) is 4.38. The fourth-order valence-corrected chi connectivity index (χ4v) is 2.93. The van der Waals surface area contributed by atoms with Crippen LogP contribution < -0.4 is 5.32 Å². The highest BCUT2D eigenvalue weighted by Crippen LogP contribution is 2.20. The number of fused-ring (bicyclic) bond motifs is 1. The van der Waals surface area contributed by atoms with Gasteiger partial charge < -0.3 is 9.73 Å². The van der Waals surface area contributed by atoms with Gasteiger partial charge in [-0.15, -0.1) is 0 Å². The van der Waals surface area contributed by atoms with E-state index >= 15 is 0 Å². The van der Waals surface area contributed by atoms with Crippen molar-refractivity contribution in [2.45, 2.75) is 32.4 Å². The largest absolute Gasteiger partial charge is 0.469 e. The van der Waals surface area contributed by atoms with Crippen molar-refractivity contribution < 1.29 is 9.21 Å². The highest BCUT2D eigenvalue weighted by atomic mass is 16.3. The SMILES string of the molecule is C[C@H](C(=O)NCCc1ccco1)N1CCc2ccccc2C1. The molecule has 2 aromatic rings. The van der Waals surface area contributed by atoms with E-state index in [4.69, 9.17) is 4.42 Å². The number of hydrogen-bond acceptors (Lipinski definition) is 3. The van der Waals surface area contributed by atoms with Crippen LogP contribution in [0.15, 0.2) is 47.1 Å². The van der Waals surface area contributed by atoms with E-state index in [-0.39, 0.29) is 11.9 Å². The van der Waals surface area contributed by atoms with Gasteiger partial charge in [0.2, 0.25) is 5.91 Å². The van der Waals surface area contributed by atoms with Gasteiger partial charge in [-0.3, -0.25) is 9.69 Å². The number of nitrogens with one attached hydrogen (secondary N) is 1. The smallest absolute Gasteiger partial charge is 0.237 e. The quantitative estimate of drug-likeness (QED) is 0.922. The molecule has 0 fully saturated rings. The minimum atomic E-state index is -0.107. The Balaban J connectivity index is 1.51. The summed E-state index contributed by atoms with van der Waals surface area (Å²) in [5.41, 5.74) is 2.74. The lowest BCUT2D eigenvalue weighted by Gasteiger charge is -2.32. The third-order valence-electron chi connectivity index (χ3n) is 4.34. The molecule has 0 saturated carbocycles. The first kappa shape index (κ1) is 14.9. The molecule has 1 aliphatic rings. The average molecular weight is 298 g/mol. The van der Waals surface area contributed by atoms with Crippen LogP contribution in [0, 0.1) is 0 Å². The molecule has 0 spiro atoms. The summed E-state index contributed by atoms with van der Waals surface area (Å²) >= 11 is 0. The van der Waals surface area contributed by atoms with Crippen LogP contribution in [-0.4, -0.2) is 29.9 Å². The lowest BCUT2D eigenvalue weighted by molar-refractivity contribution is -0.126. The second kappa shape index (κ2) is 6.79. The molecule has 4 heteroatoms. The van der Waals surface area contributed by atoms with Gasteiger partial charge in [0, 0.05) is 26.1 Å². The van der Waals surface area contributed by atoms with E-state index in [2.05, 4.69) is 34.5 Å². The first-order chi connectivity index (χ1) is 10.7. The number of rotatable bonds is 5. The topological polar surface area (TPSA) is 45.5 Å². The maximum atomic E-state index is 12.3. The van der Waals surface area contributed by atoms with Gasteiger partial charge in [-0.05, 0) is 36.6 Å². The summed E-state index contributed by atoms with van der Waals surface area (Å²) in [6, 6.07) is 12.2. The van der Waals surface area contributed by atoms with E-state index < -0.39 is 0 Å². The molecule has 1 aromatic heterocycles. The molecule has 1 N–H and O–H groups in total. The van der Waals surface area contributed by atoms with Crippen LogP contribution in [0.2, 0.25) is 0 Å². The first-order valence-electron chi connectivity index (χ1n) is 7.85. The highest BCUT2D eigenvalue weighted by Gasteiger charge is 2.24. The molecule has 1 atom stereocenters. The van der Waals surface area contributed by atoms with Gasteiger partial charge in [-0.1, -0.05) is 24.3 Å². The van der Waals surface area contributed by atoms with Crippen molar-refractivity contribution in [3.63, 3.8) is 0 Å². The molecule has 2 heterocycles. The minimum absolute atomic E-state index is 0.0888. The van der Waals surface area contributed by atoms with Crippen LogP contribution in [0.1, 0.15) is 23.8 Å². The summed E-state index contributed by atoms with van der Waals surface area (Å²) < 4.78 is 5.27. The Kier molecular flexibility index (Phi) is 4.59. The van der Waals surface area contributed by atoms with Crippen LogP contribution in [0.4, 0.5) is 0 Å². The molecule has 0 bridgehead atoms. The molecule has 4 nitrogen and oxygen atoms in total. The zero-order valence-electron chi connectivity index (χ0n) is 12.9. The number of amides is 1. The Morgan fingerprint density at radius 1 is 1.27 bits per heavy atom. The maximum absolute atomic E-state index is 12.3. The summed E-state index contributed by atoms with van der Waals surface area (Å²) in [7, 11) is 0. The molecular formula is C18H22N2O2. The predicted octanol–water partition coefficient (Wildman–Crippen LogP) is 2.39. The van der Waals surface area contributed by atoms with Gasteiger partial charge in [0.1, 0.15) is 5.76 Å².